The van der Waals surface area contributed by atoms with Crippen molar-refractivity contribution in [3.63, 3.8) is 0 Å². The van der Waals surface area contributed by atoms with Gasteiger partial charge in [0.05, 0.1) is 0 Å². The van der Waals surface area contributed by atoms with E-state index in [2.05, 4.69) is 37.5 Å². The highest BCUT2D eigenvalue weighted by Crippen LogP contribution is 2.17. The van der Waals surface area contributed by atoms with Crippen molar-refractivity contribution in [3.05, 3.63) is 36.5 Å². The monoisotopic (exact) mass is 205 g/mol. The fraction of sp³-hybridized carbons (Fsp3) is 0.571. The number of nitrogens with zero attached hydrogens (tertiary/aromatic N) is 1. The molecule has 1 rings (SSSR count). The van der Waals surface area contributed by atoms with Crippen molar-refractivity contribution in [2.45, 2.75) is 39.2 Å². The molecule has 15 heavy (non-hydrogen) atoms. The Morgan fingerprint density at radius 2 is 1.93 bits per heavy atom. The van der Waals surface area contributed by atoms with Gasteiger partial charge in [0.15, 0.2) is 0 Å². The van der Waals surface area contributed by atoms with Crippen LogP contribution in [0.5, 0.6) is 0 Å². The van der Waals surface area contributed by atoms with Crippen LogP contribution in [0.25, 0.3) is 0 Å². The van der Waals surface area contributed by atoms with E-state index in [1.807, 2.05) is 12.2 Å². The third kappa shape index (κ3) is 3.67. The van der Waals surface area contributed by atoms with Crippen molar-refractivity contribution in [1.29, 1.82) is 0 Å². The van der Waals surface area contributed by atoms with Crippen LogP contribution < -0.4 is 0 Å². The third-order valence-corrected chi connectivity index (χ3v) is 3.18. The summed E-state index contributed by atoms with van der Waals surface area (Å²) in [5.41, 5.74) is 1.40. The van der Waals surface area contributed by atoms with Crippen molar-refractivity contribution in [2.75, 3.05) is 13.1 Å². The molecule has 1 aliphatic heterocycles. The van der Waals surface area contributed by atoms with Crippen LogP contribution in [0.3, 0.4) is 0 Å². The molecule has 1 saturated heterocycles. The molecule has 0 spiro atoms. The zero-order valence-corrected chi connectivity index (χ0v) is 10.1. The molecule has 0 amide bonds. The Bertz CT molecular complexity index is 244. The first-order valence-corrected chi connectivity index (χ1v) is 5.99. The fourth-order valence-electron chi connectivity index (χ4n) is 2.17. The van der Waals surface area contributed by atoms with Crippen LogP contribution in [0.2, 0.25) is 0 Å². The van der Waals surface area contributed by atoms with Crippen LogP contribution >= 0.6 is 0 Å². The highest BCUT2D eigenvalue weighted by atomic mass is 15.2. The zero-order valence-electron chi connectivity index (χ0n) is 10.1. The minimum Gasteiger partial charge on any atom is -0.297 e. The van der Waals surface area contributed by atoms with Gasteiger partial charge in [-0.1, -0.05) is 37.3 Å². The molecule has 0 aromatic carbocycles. The summed E-state index contributed by atoms with van der Waals surface area (Å²) in [6.07, 6.45) is 12.4. The van der Waals surface area contributed by atoms with E-state index in [-0.39, 0.29) is 0 Å². The van der Waals surface area contributed by atoms with E-state index in [9.17, 15) is 0 Å². The van der Waals surface area contributed by atoms with E-state index in [0.29, 0.717) is 6.04 Å². The van der Waals surface area contributed by atoms with E-state index < -0.39 is 0 Å². The summed E-state index contributed by atoms with van der Waals surface area (Å²) in [6.45, 7) is 10.6. The summed E-state index contributed by atoms with van der Waals surface area (Å²) < 4.78 is 0. The topological polar surface area (TPSA) is 3.24 Å². The quantitative estimate of drug-likeness (QED) is 0.634. The largest absolute Gasteiger partial charge is 0.297 e. The van der Waals surface area contributed by atoms with Gasteiger partial charge >= 0.3 is 0 Å². The molecule has 1 heterocycles. The van der Waals surface area contributed by atoms with Crippen LogP contribution in [-0.4, -0.2) is 24.0 Å². The number of rotatable bonds is 4. The molecular weight excluding hydrogens is 182 g/mol. The molecule has 0 bridgehead atoms. The molecule has 0 aromatic heterocycles. The summed E-state index contributed by atoms with van der Waals surface area (Å²) in [6, 6.07) is 0.548. The predicted molar refractivity (Wildman–Crippen MR) is 68.0 cm³/mol. The van der Waals surface area contributed by atoms with E-state index >= 15 is 0 Å². The molecule has 0 radical (unpaired) electrons. The summed E-state index contributed by atoms with van der Waals surface area (Å²) in [5.74, 6) is 0. The first-order valence-electron chi connectivity index (χ1n) is 5.99. The molecule has 0 N–H and O–H groups in total. The Hall–Kier alpha value is -0.820. The van der Waals surface area contributed by atoms with E-state index in [0.717, 1.165) is 0 Å². The highest BCUT2D eigenvalue weighted by molar-refractivity contribution is 5.25. The first kappa shape index (κ1) is 12.3. The molecule has 84 valence electrons. The van der Waals surface area contributed by atoms with Crippen LogP contribution in [0.4, 0.5) is 0 Å². The molecule has 1 fully saturated rings. The van der Waals surface area contributed by atoms with Crippen LogP contribution in [0, 0.1) is 0 Å². The average molecular weight is 205 g/mol. The molecule has 1 unspecified atom stereocenters. The molecule has 1 heteroatoms. The smallest absolute Gasteiger partial charge is 0.0316 e. The van der Waals surface area contributed by atoms with E-state index in [1.54, 1.807) is 0 Å². The highest BCUT2D eigenvalue weighted by Gasteiger charge is 2.17. The minimum atomic E-state index is 0.548. The van der Waals surface area contributed by atoms with Gasteiger partial charge in [-0.25, -0.2) is 0 Å². The van der Waals surface area contributed by atoms with Gasteiger partial charge in [-0.05, 0) is 45.4 Å². The SMILES string of the molecule is C=C/C=C\C(=C/C)C(C)N1CCCCC1. The van der Waals surface area contributed by atoms with Gasteiger partial charge in [-0.3, -0.25) is 4.90 Å². The van der Waals surface area contributed by atoms with Crippen molar-refractivity contribution in [3.8, 4) is 0 Å². The Kier molecular flexibility index (Phi) is 5.41. The second-order valence-corrected chi connectivity index (χ2v) is 4.16. The minimum absolute atomic E-state index is 0.548. The number of allylic oxidation sites excluding steroid dienone is 3. The zero-order chi connectivity index (χ0) is 11.1. The molecule has 0 saturated carbocycles. The number of hydrogen-bond acceptors (Lipinski definition) is 1. The second kappa shape index (κ2) is 6.62. The van der Waals surface area contributed by atoms with Gasteiger partial charge in [-0.15, -0.1) is 0 Å². The number of piperidine rings is 1. The maximum atomic E-state index is 3.71. The van der Waals surface area contributed by atoms with Crippen molar-refractivity contribution in [2.24, 2.45) is 0 Å². The summed E-state index contributed by atoms with van der Waals surface area (Å²) in [5, 5.41) is 0. The van der Waals surface area contributed by atoms with Crippen LogP contribution in [0.1, 0.15) is 33.1 Å². The third-order valence-electron chi connectivity index (χ3n) is 3.18. The van der Waals surface area contributed by atoms with E-state index in [1.165, 1.54) is 37.9 Å². The lowest BCUT2D eigenvalue weighted by Gasteiger charge is -2.33. The Morgan fingerprint density at radius 1 is 1.27 bits per heavy atom. The lowest BCUT2D eigenvalue weighted by atomic mass is 10.0. The maximum Gasteiger partial charge on any atom is 0.0316 e. The molecule has 0 aliphatic carbocycles. The van der Waals surface area contributed by atoms with Gasteiger partial charge in [0.1, 0.15) is 0 Å². The molecule has 0 aromatic rings. The normalized spacial score (nSPS) is 21.9. The summed E-state index contributed by atoms with van der Waals surface area (Å²) in [7, 11) is 0. The van der Waals surface area contributed by atoms with Gasteiger partial charge in [0.25, 0.3) is 0 Å². The Morgan fingerprint density at radius 3 is 2.47 bits per heavy atom. The van der Waals surface area contributed by atoms with Crippen LogP contribution in [0.15, 0.2) is 36.5 Å². The van der Waals surface area contributed by atoms with Gasteiger partial charge < -0.3 is 0 Å². The fourth-order valence-corrected chi connectivity index (χ4v) is 2.17. The number of likely N-dealkylation sites (tertiary alicyclic amines) is 1. The first-order chi connectivity index (χ1) is 7.29. The standard InChI is InChI=1S/C14H23N/c1-4-6-10-14(5-2)13(3)15-11-8-7-9-12-15/h4-6,10,13H,1,7-9,11-12H2,2-3H3/b10-6-,14-5+. The second-order valence-electron chi connectivity index (χ2n) is 4.16. The van der Waals surface area contributed by atoms with Gasteiger partial charge in [0.2, 0.25) is 0 Å². The predicted octanol–water partition coefficient (Wildman–Crippen LogP) is 3.55. The maximum absolute atomic E-state index is 3.71. The molecule has 1 aliphatic rings. The number of hydrogen-bond donors (Lipinski definition) is 0. The summed E-state index contributed by atoms with van der Waals surface area (Å²) in [4.78, 5) is 2.58. The molecule has 1 atom stereocenters. The van der Waals surface area contributed by atoms with Gasteiger partial charge in [0, 0.05) is 6.04 Å². The summed E-state index contributed by atoms with van der Waals surface area (Å²) >= 11 is 0. The average Bonchev–Trinajstić information content (AvgIpc) is 2.31. The van der Waals surface area contributed by atoms with Gasteiger partial charge in [-0.2, -0.15) is 0 Å². The lowest BCUT2D eigenvalue weighted by molar-refractivity contribution is 0.196. The Labute approximate surface area is 94.2 Å². The van der Waals surface area contributed by atoms with Crippen molar-refractivity contribution < 1.29 is 0 Å². The molecule has 1 nitrogen and oxygen atoms in total. The Balaban J connectivity index is 2.59. The molecular formula is C14H23N. The lowest BCUT2D eigenvalue weighted by Crippen LogP contribution is -2.38. The van der Waals surface area contributed by atoms with Crippen LogP contribution in [-0.2, 0) is 0 Å². The van der Waals surface area contributed by atoms with Crippen molar-refractivity contribution >= 4 is 0 Å². The van der Waals surface area contributed by atoms with E-state index in [4.69, 9.17) is 0 Å². The van der Waals surface area contributed by atoms with Crippen molar-refractivity contribution in [1.82, 2.24) is 4.90 Å².